The molecule has 3 nitrogen and oxygen atoms in total. The van der Waals surface area contributed by atoms with E-state index in [1.165, 1.54) is 120 Å². The Balaban J connectivity index is 1.23. The molecule has 3 rings (SSSR count). The third-order valence-corrected chi connectivity index (χ3v) is 9.33. The molecule has 3 aromatic rings. The van der Waals surface area contributed by atoms with Gasteiger partial charge in [-0.15, -0.1) is 0 Å². The van der Waals surface area contributed by atoms with Gasteiger partial charge >= 0.3 is 5.97 Å². The fourth-order valence-electron chi connectivity index (χ4n) is 5.89. The Morgan fingerprint density at radius 1 is 0.565 bits per heavy atom. The average molecular weight is 627 g/mol. The predicted molar refractivity (Wildman–Crippen MR) is 196 cm³/mol. The van der Waals surface area contributed by atoms with E-state index >= 15 is 0 Å². The van der Waals surface area contributed by atoms with Crippen LogP contribution in [0.25, 0.3) is 11.1 Å². The first kappa shape index (κ1) is 37.4. The summed E-state index contributed by atoms with van der Waals surface area (Å²) in [7, 11) is 0. The summed E-state index contributed by atoms with van der Waals surface area (Å²) in [5.74, 6) is 1.75. The molecule has 46 heavy (non-hydrogen) atoms. The van der Waals surface area contributed by atoms with Gasteiger partial charge in [0.25, 0.3) is 0 Å². The lowest BCUT2D eigenvalue weighted by atomic mass is 9.97. The number of aryl methyl sites for hydroxylation is 1. The zero-order chi connectivity index (χ0) is 32.7. The van der Waals surface area contributed by atoms with Crippen LogP contribution in [0.1, 0.15) is 152 Å². The predicted octanol–water partition coefficient (Wildman–Crippen LogP) is 13.2. The summed E-state index contributed by atoms with van der Waals surface area (Å²) in [6, 6.07) is 23.8. The highest BCUT2D eigenvalue weighted by Crippen LogP contribution is 2.25. The van der Waals surface area contributed by atoms with Gasteiger partial charge in [0.2, 0.25) is 0 Å². The molecule has 3 aromatic carbocycles. The summed E-state index contributed by atoms with van der Waals surface area (Å²) in [6.45, 7) is 7.57. The van der Waals surface area contributed by atoms with Crippen LogP contribution < -0.4 is 9.47 Å². The number of rotatable bonds is 25. The number of unbranched alkanes of at least 4 members (excludes halogenated alkanes) is 15. The number of carbonyl (C=O) groups is 1. The molecular formula is C43H62O3. The summed E-state index contributed by atoms with van der Waals surface area (Å²) >= 11 is 0. The van der Waals surface area contributed by atoms with E-state index in [-0.39, 0.29) is 5.97 Å². The van der Waals surface area contributed by atoms with Crippen molar-refractivity contribution in [2.45, 2.75) is 143 Å². The van der Waals surface area contributed by atoms with Gasteiger partial charge in [-0.25, -0.2) is 4.79 Å². The maximum absolute atomic E-state index is 12.7. The first-order valence-electron chi connectivity index (χ1n) is 18.7. The monoisotopic (exact) mass is 626 g/mol. The van der Waals surface area contributed by atoms with Crippen LogP contribution in [0.4, 0.5) is 0 Å². The van der Waals surface area contributed by atoms with Crippen molar-refractivity contribution in [2.75, 3.05) is 6.61 Å². The van der Waals surface area contributed by atoms with E-state index < -0.39 is 0 Å². The molecule has 1 atom stereocenters. The number of ether oxygens (including phenoxy) is 2. The molecule has 0 aliphatic heterocycles. The minimum atomic E-state index is -0.359. The molecule has 0 saturated heterocycles. The Hall–Kier alpha value is -3.07. The van der Waals surface area contributed by atoms with Crippen molar-refractivity contribution in [1.29, 1.82) is 0 Å². The number of esters is 1. The largest absolute Gasteiger partial charge is 0.494 e. The summed E-state index contributed by atoms with van der Waals surface area (Å²) in [4.78, 5) is 12.7. The molecule has 0 radical (unpaired) electrons. The molecule has 252 valence electrons. The molecule has 0 N–H and O–H groups in total. The van der Waals surface area contributed by atoms with Gasteiger partial charge in [-0.2, -0.15) is 0 Å². The van der Waals surface area contributed by atoms with Gasteiger partial charge in [0.05, 0.1) is 12.2 Å². The highest BCUT2D eigenvalue weighted by molar-refractivity contribution is 5.91. The van der Waals surface area contributed by atoms with Crippen molar-refractivity contribution in [3.63, 3.8) is 0 Å². The Kier molecular flexibility index (Phi) is 18.9. The second kappa shape index (κ2) is 23.3. The standard InChI is InChI=1S/C43H62O3/c1-4-6-7-8-9-10-11-12-13-14-15-16-17-18-19-20-35-45-41-31-29-40(30-32-41)43(44)46-42-33-27-39(28-34-42)38-25-23-37(24-26-38)22-21-36(3)5-2/h23-34,36H,4-22,35H2,1-3H3. The van der Waals surface area contributed by atoms with Crippen molar-refractivity contribution < 1.29 is 14.3 Å². The summed E-state index contributed by atoms with van der Waals surface area (Å²) in [5.41, 5.74) is 4.18. The van der Waals surface area contributed by atoms with E-state index in [4.69, 9.17) is 9.47 Å². The van der Waals surface area contributed by atoms with E-state index in [1.807, 2.05) is 36.4 Å². The number of carbonyl (C=O) groups excluding carboxylic acids is 1. The fraction of sp³-hybridized carbons (Fsp3) is 0.558. The molecule has 0 aliphatic carbocycles. The molecule has 1 unspecified atom stereocenters. The Labute approximate surface area is 281 Å². The first-order valence-corrected chi connectivity index (χ1v) is 18.7. The van der Waals surface area contributed by atoms with Gasteiger partial charge < -0.3 is 9.47 Å². The van der Waals surface area contributed by atoms with E-state index in [1.54, 1.807) is 12.1 Å². The van der Waals surface area contributed by atoms with Gasteiger partial charge in [-0.05, 0) is 78.3 Å². The Morgan fingerprint density at radius 2 is 1.02 bits per heavy atom. The fourth-order valence-corrected chi connectivity index (χ4v) is 5.89. The third kappa shape index (κ3) is 15.5. The molecule has 0 bridgehead atoms. The summed E-state index contributed by atoms with van der Waals surface area (Å²) in [5, 5.41) is 0. The van der Waals surface area contributed by atoms with E-state index in [0.717, 1.165) is 36.7 Å². The highest BCUT2D eigenvalue weighted by Gasteiger charge is 2.10. The number of benzene rings is 3. The molecule has 3 heteroatoms. The summed E-state index contributed by atoms with van der Waals surface area (Å²) in [6.07, 6.45) is 25.4. The summed E-state index contributed by atoms with van der Waals surface area (Å²) < 4.78 is 11.6. The second-order valence-corrected chi connectivity index (χ2v) is 13.3. The van der Waals surface area contributed by atoms with Crippen LogP contribution in [0.5, 0.6) is 11.5 Å². The van der Waals surface area contributed by atoms with Crippen LogP contribution in [0.2, 0.25) is 0 Å². The van der Waals surface area contributed by atoms with Crippen LogP contribution >= 0.6 is 0 Å². The molecular weight excluding hydrogens is 564 g/mol. The minimum Gasteiger partial charge on any atom is -0.494 e. The van der Waals surface area contributed by atoms with Gasteiger partial charge in [0.1, 0.15) is 11.5 Å². The van der Waals surface area contributed by atoms with Crippen molar-refractivity contribution in [1.82, 2.24) is 0 Å². The topological polar surface area (TPSA) is 35.5 Å². The van der Waals surface area contributed by atoms with Crippen LogP contribution in [-0.4, -0.2) is 12.6 Å². The number of hydrogen-bond donors (Lipinski definition) is 0. The molecule has 0 heterocycles. The molecule has 0 aliphatic rings. The molecule has 0 spiro atoms. The SMILES string of the molecule is CCCCCCCCCCCCCCCCCCOc1ccc(C(=O)Oc2ccc(-c3ccc(CCC(C)CC)cc3)cc2)cc1. The smallest absolute Gasteiger partial charge is 0.343 e. The Bertz CT molecular complexity index is 1180. The van der Waals surface area contributed by atoms with Crippen molar-refractivity contribution >= 4 is 5.97 Å². The molecule has 0 fully saturated rings. The maximum atomic E-state index is 12.7. The molecule has 0 saturated carbocycles. The van der Waals surface area contributed by atoms with Gasteiger partial charge in [0.15, 0.2) is 0 Å². The average Bonchev–Trinajstić information content (AvgIpc) is 3.09. The Morgan fingerprint density at radius 3 is 1.52 bits per heavy atom. The zero-order valence-electron chi connectivity index (χ0n) is 29.4. The van der Waals surface area contributed by atoms with Crippen molar-refractivity contribution in [3.8, 4) is 22.6 Å². The highest BCUT2D eigenvalue weighted by atomic mass is 16.5. The molecule has 0 amide bonds. The third-order valence-electron chi connectivity index (χ3n) is 9.33. The molecule has 0 aromatic heterocycles. The minimum absolute atomic E-state index is 0.359. The van der Waals surface area contributed by atoms with E-state index in [9.17, 15) is 4.79 Å². The quantitative estimate of drug-likeness (QED) is 0.0533. The lowest BCUT2D eigenvalue weighted by Crippen LogP contribution is -2.08. The normalized spacial score (nSPS) is 11.8. The first-order chi connectivity index (χ1) is 22.6. The van der Waals surface area contributed by atoms with Gasteiger partial charge in [0, 0.05) is 0 Å². The maximum Gasteiger partial charge on any atom is 0.343 e. The van der Waals surface area contributed by atoms with Crippen LogP contribution in [-0.2, 0) is 6.42 Å². The van der Waals surface area contributed by atoms with E-state index in [2.05, 4.69) is 45.0 Å². The van der Waals surface area contributed by atoms with Crippen LogP contribution in [0, 0.1) is 5.92 Å². The van der Waals surface area contributed by atoms with E-state index in [0.29, 0.717) is 11.3 Å². The second-order valence-electron chi connectivity index (χ2n) is 13.3. The lowest BCUT2D eigenvalue weighted by Gasteiger charge is -2.10. The van der Waals surface area contributed by atoms with Crippen molar-refractivity contribution in [3.05, 3.63) is 83.9 Å². The lowest BCUT2D eigenvalue weighted by molar-refractivity contribution is 0.0734. The van der Waals surface area contributed by atoms with Crippen molar-refractivity contribution in [2.24, 2.45) is 5.92 Å². The zero-order valence-corrected chi connectivity index (χ0v) is 29.4. The van der Waals surface area contributed by atoms with Gasteiger partial charge in [-0.3, -0.25) is 0 Å². The van der Waals surface area contributed by atoms with Crippen LogP contribution in [0.3, 0.4) is 0 Å². The van der Waals surface area contributed by atoms with Crippen LogP contribution in [0.15, 0.2) is 72.8 Å². The number of hydrogen-bond acceptors (Lipinski definition) is 3. The van der Waals surface area contributed by atoms with Gasteiger partial charge in [-0.1, -0.05) is 160 Å².